The molecule has 6 nitrogen and oxygen atoms in total. The van der Waals surface area contributed by atoms with Crippen LogP contribution in [0.4, 0.5) is 4.39 Å². The van der Waals surface area contributed by atoms with Crippen LogP contribution in [0.5, 0.6) is 0 Å². The molecule has 8 heteroatoms. The number of nitrogens with zero attached hydrogens (tertiary/aromatic N) is 3. The third-order valence-corrected chi connectivity index (χ3v) is 4.45. The van der Waals surface area contributed by atoms with Crippen molar-refractivity contribution in [3.63, 3.8) is 0 Å². The second-order valence-corrected chi connectivity index (χ2v) is 6.91. The van der Waals surface area contributed by atoms with Gasteiger partial charge in [0.25, 0.3) is 0 Å². The van der Waals surface area contributed by atoms with Crippen LogP contribution in [0.3, 0.4) is 0 Å². The molecule has 0 unspecified atom stereocenters. The van der Waals surface area contributed by atoms with Crippen molar-refractivity contribution < 1.29 is 9.18 Å². The molecule has 0 saturated heterocycles. The van der Waals surface area contributed by atoms with Crippen molar-refractivity contribution in [3.8, 4) is 0 Å². The van der Waals surface area contributed by atoms with Crippen molar-refractivity contribution in [2.45, 2.75) is 19.9 Å². The zero-order valence-electron chi connectivity index (χ0n) is 15.3. The summed E-state index contributed by atoms with van der Waals surface area (Å²) in [5.74, 6) is 0.257. The molecule has 0 spiro atoms. The molecule has 1 amide bonds. The first kappa shape index (κ1) is 19.8. The number of aromatic nitrogens is 1. The Morgan fingerprint density at radius 2 is 2.12 bits per heavy atom. The van der Waals surface area contributed by atoms with E-state index in [1.54, 1.807) is 30.5 Å². The summed E-state index contributed by atoms with van der Waals surface area (Å²) in [5.41, 5.74) is 1.66. The van der Waals surface area contributed by atoms with Gasteiger partial charge in [0.2, 0.25) is 5.91 Å². The Kier molecular flexibility index (Phi) is 7.53. The fraction of sp³-hybridized carbons (Fsp3) is 0.389. The van der Waals surface area contributed by atoms with Crippen LogP contribution in [0.1, 0.15) is 16.3 Å². The van der Waals surface area contributed by atoms with Gasteiger partial charge in [-0.1, -0.05) is 12.1 Å². The van der Waals surface area contributed by atoms with Crippen molar-refractivity contribution in [3.05, 3.63) is 51.7 Å². The molecule has 2 rings (SSSR count). The number of rotatable bonds is 7. The van der Waals surface area contributed by atoms with Crippen molar-refractivity contribution in [2.75, 3.05) is 27.2 Å². The van der Waals surface area contributed by atoms with E-state index in [4.69, 9.17) is 0 Å². The van der Waals surface area contributed by atoms with Gasteiger partial charge in [-0.25, -0.2) is 9.37 Å². The van der Waals surface area contributed by atoms with E-state index in [1.165, 1.54) is 12.1 Å². The van der Waals surface area contributed by atoms with Crippen LogP contribution in [-0.4, -0.2) is 48.9 Å². The van der Waals surface area contributed by atoms with Gasteiger partial charge in [-0.15, -0.1) is 11.3 Å². The number of aliphatic imine (C=N–C) groups is 1. The van der Waals surface area contributed by atoms with Crippen LogP contribution in [0.2, 0.25) is 0 Å². The fourth-order valence-corrected chi connectivity index (χ4v) is 3.06. The number of carbonyl (C=O) groups is 1. The molecule has 0 aliphatic carbocycles. The number of nitrogens with one attached hydrogen (secondary N) is 2. The second-order valence-electron chi connectivity index (χ2n) is 5.84. The normalized spacial score (nSPS) is 11.3. The molecule has 0 atom stereocenters. The topological polar surface area (TPSA) is 69.6 Å². The zero-order valence-corrected chi connectivity index (χ0v) is 16.1. The van der Waals surface area contributed by atoms with E-state index in [2.05, 4.69) is 20.6 Å². The third kappa shape index (κ3) is 6.44. The quantitative estimate of drug-likeness (QED) is 0.440. The first-order valence-electron chi connectivity index (χ1n) is 8.32. The van der Waals surface area contributed by atoms with Gasteiger partial charge in [0.1, 0.15) is 5.82 Å². The molecule has 0 aliphatic heterocycles. The van der Waals surface area contributed by atoms with Gasteiger partial charge in [-0.3, -0.25) is 9.79 Å². The summed E-state index contributed by atoms with van der Waals surface area (Å²) in [6, 6.07) is 6.07. The molecular formula is C18H24FN5OS. The summed E-state index contributed by atoms with van der Waals surface area (Å²) in [5, 5.41) is 9.09. The van der Waals surface area contributed by atoms with Crippen molar-refractivity contribution in [1.82, 2.24) is 20.5 Å². The van der Waals surface area contributed by atoms with Gasteiger partial charge in [0.05, 0.1) is 23.7 Å². The highest BCUT2D eigenvalue weighted by atomic mass is 32.1. The minimum absolute atomic E-state index is 0.140. The molecule has 0 radical (unpaired) electrons. The lowest BCUT2D eigenvalue weighted by molar-refractivity contribution is -0.120. The van der Waals surface area contributed by atoms with Crippen LogP contribution in [0.15, 0.2) is 34.6 Å². The van der Waals surface area contributed by atoms with E-state index in [0.29, 0.717) is 25.2 Å². The van der Waals surface area contributed by atoms with Crippen LogP contribution in [-0.2, 0) is 17.8 Å². The molecule has 2 aromatic rings. The highest BCUT2D eigenvalue weighted by Gasteiger charge is 2.09. The molecule has 0 saturated carbocycles. The summed E-state index contributed by atoms with van der Waals surface area (Å²) in [4.78, 5) is 22.6. The standard InChI is InChI=1S/C18H24FN5OS/c1-13-23-16(12-26-13)11-24(3)18(20-2)22-8-7-21-17(25)10-14-5-4-6-15(19)9-14/h4-6,9,12H,7-8,10-11H2,1-3H3,(H,20,22)(H,21,25). The van der Waals surface area contributed by atoms with Crippen molar-refractivity contribution in [1.29, 1.82) is 0 Å². The van der Waals surface area contributed by atoms with E-state index in [1.807, 2.05) is 24.3 Å². The SMILES string of the molecule is CN=C(NCCNC(=O)Cc1cccc(F)c1)N(C)Cc1csc(C)n1. The lowest BCUT2D eigenvalue weighted by Crippen LogP contribution is -2.42. The Balaban J connectivity index is 1.70. The van der Waals surface area contributed by atoms with E-state index in [9.17, 15) is 9.18 Å². The lowest BCUT2D eigenvalue weighted by atomic mass is 10.1. The van der Waals surface area contributed by atoms with Gasteiger partial charge in [-0.2, -0.15) is 0 Å². The minimum atomic E-state index is -0.334. The Hall–Kier alpha value is -2.48. The molecule has 1 aromatic carbocycles. The number of hydrogen-bond acceptors (Lipinski definition) is 4. The molecule has 1 aromatic heterocycles. The number of guanidine groups is 1. The predicted octanol–water partition coefficient (Wildman–Crippen LogP) is 1.96. The fourth-order valence-electron chi connectivity index (χ4n) is 2.45. The maximum atomic E-state index is 13.1. The van der Waals surface area contributed by atoms with E-state index in [-0.39, 0.29) is 18.1 Å². The number of amides is 1. The van der Waals surface area contributed by atoms with Gasteiger partial charge in [0.15, 0.2) is 5.96 Å². The number of carbonyl (C=O) groups excluding carboxylic acids is 1. The van der Waals surface area contributed by atoms with E-state index < -0.39 is 0 Å². The number of aryl methyl sites for hydroxylation is 1. The largest absolute Gasteiger partial charge is 0.354 e. The number of halogens is 1. The smallest absolute Gasteiger partial charge is 0.224 e. The maximum absolute atomic E-state index is 13.1. The predicted molar refractivity (Wildman–Crippen MR) is 103 cm³/mol. The average Bonchev–Trinajstić information content (AvgIpc) is 2.99. The first-order chi connectivity index (χ1) is 12.5. The monoisotopic (exact) mass is 377 g/mol. The van der Waals surface area contributed by atoms with Crippen LogP contribution in [0.25, 0.3) is 0 Å². The molecule has 0 aliphatic rings. The highest BCUT2D eigenvalue weighted by Crippen LogP contribution is 2.09. The first-order valence-corrected chi connectivity index (χ1v) is 9.20. The molecule has 140 valence electrons. The highest BCUT2D eigenvalue weighted by molar-refractivity contribution is 7.09. The molecule has 2 N–H and O–H groups in total. The molecule has 0 bridgehead atoms. The summed E-state index contributed by atoms with van der Waals surface area (Å²) < 4.78 is 13.1. The van der Waals surface area contributed by atoms with Crippen LogP contribution < -0.4 is 10.6 Å². The molecule has 0 fully saturated rings. The Morgan fingerprint density at radius 1 is 1.35 bits per heavy atom. The lowest BCUT2D eigenvalue weighted by Gasteiger charge is -2.21. The van der Waals surface area contributed by atoms with Crippen LogP contribution >= 0.6 is 11.3 Å². The van der Waals surface area contributed by atoms with Gasteiger partial charge >= 0.3 is 0 Å². The Labute approximate surface area is 157 Å². The Morgan fingerprint density at radius 3 is 2.77 bits per heavy atom. The van der Waals surface area contributed by atoms with E-state index in [0.717, 1.165) is 16.7 Å². The summed E-state index contributed by atoms with van der Waals surface area (Å²) in [7, 11) is 3.65. The summed E-state index contributed by atoms with van der Waals surface area (Å²) >= 11 is 1.62. The Bertz CT molecular complexity index is 762. The average molecular weight is 377 g/mol. The van der Waals surface area contributed by atoms with Crippen molar-refractivity contribution in [2.24, 2.45) is 4.99 Å². The third-order valence-electron chi connectivity index (χ3n) is 3.62. The number of hydrogen-bond donors (Lipinski definition) is 2. The van der Waals surface area contributed by atoms with Gasteiger partial charge in [-0.05, 0) is 24.6 Å². The van der Waals surface area contributed by atoms with Gasteiger partial charge in [0, 0.05) is 32.6 Å². The second kappa shape index (κ2) is 9.86. The summed E-state index contributed by atoms with van der Waals surface area (Å²) in [6.07, 6.45) is 0.162. The number of thiazole rings is 1. The minimum Gasteiger partial charge on any atom is -0.354 e. The molecule has 26 heavy (non-hydrogen) atoms. The van der Waals surface area contributed by atoms with Crippen molar-refractivity contribution >= 4 is 23.2 Å². The molecular weight excluding hydrogens is 353 g/mol. The number of benzene rings is 1. The van der Waals surface area contributed by atoms with E-state index >= 15 is 0 Å². The van der Waals surface area contributed by atoms with Crippen LogP contribution in [0, 0.1) is 12.7 Å². The maximum Gasteiger partial charge on any atom is 0.224 e. The summed E-state index contributed by atoms with van der Waals surface area (Å²) in [6.45, 7) is 3.64. The van der Waals surface area contributed by atoms with Gasteiger partial charge < -0.3 is 15.5 Å². The molecule has 1 heterocycles. The zero-order chi connectivity index (χ0) is 18.9.